The van der Waals surface area contributed by atoms with Gasteiger partial charge in [0.2, 0.25) is 0 Å². The van der Waals surface area contributed by atoms with Gasteiger partial charge in [-0.05, 0) is 45.0 Å². The van der Waals surface area contributed by atoms with Crippen molar-refractivity contribution in [2.45, 2.75) is 31.9 Å². The van der Waals surface area contributed by atoms with Gasteiger partial charge in [-0.15, -0.1) is 0 Å². The number of β-amino-alcohol motifs (C(OH)–C–C–N with tert-alkyl or cyclic N) is 1. The number of aromatic nitrogens is 2. The molecule has 0 radical (unpaired) electrons. The molecule has 3 heterocycles. The molecule has 1 fully saturated rings. The first-order valence-electron chi connectivity index (χ1n) is 10.5. The van der Waals surface area contributed by atoms with Crippen molar-refractivity contribution in [3.63, 3.8) is 0 Å². The number of rotatable bonds is 4. The van der Waals surface area contributed by atoms with E-state index in [1.165, 1.54) is 0 Å². The van der Waals surface area contributed by atoms with Gasteiger partial charge in [0.15, 0.2) is 11.6 Å². The Balaban J connectivity index is 1.74. The maximum Gasteiger partial charge on any atom is 0.318 e. The Kier molecular flexibility index (Phi) is 5.51. The van der Waals surface area contributed by atoms with Gasteiger partial charge in [-0.1, -0.05) is 0 Å². The van der Waals surface area contributed by atoms with E-state index in [9.17, 15) is 14.7 Å². The van der Waals surface area contributed by atoms with Crippen LogP contribution in [0.5, 0.6) is 0 Å². The van der Waals surface area contributed by atoms with Crippen LogP contribution in [0.25, 0.3) is 11.4 Å². The highest BCUT2D eigenvalue weighted by Gasteiger charge is 2.51. The lowest BCUT2D eigenvalue weighted by Gasteiger charge is -2.51. The first-order chi connectivity index (χ1) is 15.1. The Morgan fingerprint density at radius 2 is 2.03 bits per heavy atom. The zero-order chi connectivity index (χ0) is 23.1. The van der Waals surface area contributed by atoms with Crippen LogP contribution in [0.15, 0.2) is 30.5 Å². The molecule has 1 saturated heterocycles. The topological polar surface area (TPSA) is 120 Å². The second-order valence-electron chi connectivity index (χ2n) is 8.87. The standard InChI is InChI=1S/C22H28N6O4/c1-21(2,31)12-27-16-11-24-17(14-5-7-15(8-6-14)25-20(30)23-4)26-18(16)28-9-10-32-13-22(28,3)19(27)29/h5-8,11,31H,9-10,12-13H2,1-4H3,(H2,23,25,30). The van der Waals surface area contributed by atoms with Gasteiger partial charge in [0.05, 0.1) is 31.6 Å². The van der Waals surface area contributed by atoms with Crippen LogP contribution in [0.3, 0.4) is 0 Å². The maximum atomic E-state index is 13.4. The number of nitrogens with one attached hydrogen (secondary N) is 2. The first kappa shape index (κ1) is 22.0. The van der Waals surface area contributed by atoms with Gasteiger partial charge in [-0.3, -0.25) is 4.79 Å². The third-order valence-electron chi connectivity index (χ3n) is 5.61. The smallest absolute Gasteiger partial charge is 0.318 e. The van der Waals surface area contributed by atoms with E-state index < -0.39 is 11.1 Å². The second kappa shape index (κ2) is 8.03. The van der Waals surface area contributed by atoms with Crippen LogP contribution in [0.1, 0.15) is 20.8 Å². The summed E-state index contributed by atoms with van der Waals surface area (Å²) in [5.74, 6) is 0.992. The Hall–Kier alpha value is -3.24. The number of anilines is 3. The molecule has 1 atom stereocenters. The molecule has 1 aromatic carbocycles. The van der Waals surface area contributed by atoms with Crippen LogP contribution >= 0.6 is 0 Å². The SMILES string of the molecule is CNC(=O)Nc1ccc(-c2ncc3c(n2)N2CCOCC2(C)C(=O)N3CC(C)(C)O)cc1. The average molecular weight is 441 g/mol. The molecule has 1 unspecified atom stereocenters. The number of urea groups is 1. The lowest BCUT2D eigenvalue weighted by Crippen LogP contribution is -2.68. The lowest BCUT2D eigenvalue weighted by atomic mass is 9.93. The largest absolute Gasteiger partial charge is 0.389 e. The van der Waals surface area contributed by atoms with Crippen LogP contribution < -0.4 is 20.4 Å². The zero-order valence-electron chi connectivity index (χ0n) is 18.7. The van der Waals surface area contributed by atoms with Crippen LogP contribution in [-0.4, -0.2) is 71.5 Å². The summed E-state index contributed by atoms with van der Waals surface area (Å²) in [6.07, 6.45) is 1.63. The van der Waals surface area contributed by atoms with E-state index in [0.29, 0.717) is 36.2 Å². The number of hydrogen-bond donors (Lipinski definition) is 3. The van der Waals surface area contributed by atoms with Crippen LogP contribution in [0.4, 0.5) is 22.0 Å². The minimum atomic E-state index is -1.09. The number of aliphatic hydroxyl groups is 1. The predicted molar refractivity (Wildman–Crippen MR) is 121 cm³/mol. The van der Waals surface area contributed by atoms with Crippen molar-refractivity contribution >= 4 is 29.1 Å². The fraction of sp³-hybridized carbons (Fsp3) is 0.455. The highest BCUT2D eigenvalue weighted by molar-refractivity contribution is 6.08. The number of amides is 3. The third kappa shape index (κ3) is 3.98. The Morgan fingerprint density at radius 1 is 1.31 bits per heavy atom. The van der Waals surface area contributed by atoms with Gasteiger partial charge in [-0.2, -0.15) is 0 Å². The van der Waals surface area contributed by atoms with Gasteiger partial charge in [0.1, 0.15) is 11.2 Å². The van der Waals surface area contributed by atoms with Gasteiger partial charge < -0.3 is 30.3 Å². The van der Waals surface area contributed by atoms with E-state index in [4.69, 9.17) is 9.72 Å². The summed E-state index contributed by atoms with van der Waals surface area (Å²) in [5, 5.41) is 15.6. The molecule has 32 heavy (non-hydrogen) atoms. The number of benzene rings is 1. The van der Waals surface area contributed by atoms with Crippen molar-refractivity contribution < 1.29 is 19.4 Å². The molecule has 2 aromatic rings. The second-order valence-corrected chi connectivity index (χ2v) is 8.87. The molecule has 2 aliphatic rings. The summed E-state index contributed by atoms with van der Waals surface area (Å²) in [5.41, 5.74) is -0.0143. The number of ether oxygens (including phenoxy) is 1. The number of carbonyl (C=O) groups excluding carboxylic acids is 2. The third-order valence-corrected chi connectivity index (χ3v) is 5.61. The van der Waals surface area contributed by atoms with E-state index in [1.807, 2.05) is 24.0 Å². The number of hydrogen-bond acceptors (Lipinski definition) is 7. The van der Waals surface area contributed by atoms with Crippen molar-refractivity contribution in [2.24, 2.45) is 0 Å². The highest BCUT2D eigenvalue weighted by Crippen LogP contribution is 2.41. The summed E-state index contributed by atoms with van der Waals surface area (Å²) >= 11 is 0. The first-order valence-corrected chi connectivity index (χ1v) is 10.5. The number of carbonyl (C=O) groups is 2. The monoisotopic (exact) mass is 440 g/mol. The predicted octanol–water partition coefficient (Wildman–Crippen LogP) is 1.61. The Bertz CT molecular complexity index is 1040. The van der Waals surface area contributed by atoms with E-state index in [-0.39, 0.29) is 25.1 Å². The minimum absolute atomic E-state index is 0.116. The summed E-state index contributed by atoms with van der Waals surface area (Å²) in [7, 11) is 1.55. The molecule has 3 N–H and O–H groups in total. The molecule has 0 bridgehead atoms. The summed E-state index contributed by atoms with van der Waals surface area (Å²) in [4.78, 5) is 37.8. The van der Waals surface area contributed by atoms with E-state index in [1.54, 1.807) is 44.1 Å². The fourth-order valence-corrected chi connectivity index (χ4v) is 4.00. The van der Waals surface area contributed by atoms with Crippen molar-refractivity contribution in [2.75, 3.05) is 48.5 Å². The van der Waals surface area contributed by atoms with Crippen LogP contribution in [0, 0.1) is 0 Å². The molecule has 170 valence electrons. The lowest BCUT2D eigenvalue weighted by molar-refractivity contribution is -0.128. The molecule has 2 aliphatic heterocycles. The fourth-order valence-electron chi connectivity index (χ4n) is 4.00. The molecule has 1 aromatic heterocycles. The van der Waals surface area contributed by atoms with E-state index in [0.717, 1.165) is 5.56 Å². The van der Waals surface area contributed by atoms with Crippen molar-refractivity contribution in [1.82, 2.24) is 15.3 Å². The van der Waals surface area contributed by atoms with Gasteiger partial charge in [0.25, 0.3) is 5.91 Å². The van der Waals surface area contributed by atoms with Crippen LogP contribution in [-0.2, 0) is 9.53 Å². The highest BCUT2D eigenvalue weighted by atomic mass is 16.5. The molecule has 10 nitrogen and oxygen atoms in total. The Labute approximate surface area is 186 Å². The van der Waals surface area contributed by atoms with Gasteiger partial charge in [0, 0.05) is 24.8 Å². The molecule has 10 heteroatoms. The van der Waals surface area contributed by atoms with Gasteiger partial charge in [-0.25, -0.2) is 14.8 Å². The summed E-state index contributed by atoms with van der Waals surface area (Å²) < 4.78 is 5.64. The molecule has 0 saturated carbocycles. The number of nitrogens with zero attached hydrogens (tertiary/aromatic N) is 4. The van der Waals surface area contributed by atoms with Crippen molar-refractivity contribution in [3.05, 3.63) is 30.5 Å². The van der Waals surface area contributed by atoms with E-state index >= 15 is 0 Å². The quantitative estimate of drug-likeness (QED) is 0.661. The molecule has 3 amide bonds. The normalized spacial score (nSPS) is 20.5. The summed E-state index contributed by atoms with van der Waals surface area (Å²) in [6, 6.07) is 6.90. The molecule has 0 spiro atoms. The maximum absolute atomic E-state index is 13.4. The summed E-state index contributed by atoms with van der Waals surface area (Å²) in [6.45, 7) is 6.54. The molecule has 4 rings (SSSR count). The molecular weight excluding hydrogens is 412 g/mol. The zero-order valence-corrected chi connectivity index (χ0v) is 18.7. The van der Waals surface area contributed by atoms with Gasteiger partial charge >= 0.3 is 6.03 Å². The van der Waals surface area contributed by atoms with Crippen molar-refractivity contribution in [1.29, 1.82) is 0 Å². The van der Waals surface area contributed by atoms with Crippen molar-refractivity contribution in [3.8, 4) is 11.4 Å². The van der Waals surface area contributed by atoms with Crippen LogP contribution in [0.2, 0.25) is 0 Å². The minimum Gasteiger partial charge on any atom is -0.389 e. The molecular formula is C22H28N6O4. The number of fused-ring (bicyclic) bond motifs is 3. The molecule has 0 aliphatic carbocycles. The average Bonchev–Trinajstić information content (AvgIpc) is 2.76. The Morgan fingerprint density at radius 3 is 2.69 bits per heavy atom. The van der Waals surface area contributed by atoms with E-state index in [2.05, 4.69) is 15.6 Å². The number of morpholine rings is 1.